The Kier molecular flexibility index (Phi) is 3.72. The zero-order chi connectivity index (χ0) is 17.5. The van der Waals surface area contributed by atoms with Gasteiger partial charge in [-0.05, 0) is 23.3 Å². The molecule has 0 heterocycles. The standard InChI is InChI=1S/C19H18N2O3/c1-19(2,3)18(23)20-11-8-9-13-12-6-4-5-7-14(12)17(22)16(21-24)15(13)10-11/h4-10,24H,1-3H3,(H,20,23)/b21-16+. The SMILES string of the molecule is CC(C)(C)C(=O)Nc1ccc2c(c1)/C(=N\O)C(=O)c1ccccc1-2. The van der Waals surface area contributed by atoms with E-state index in [4.69, 9.17) is 0 Å². The summed E-state index contributed by atoms with van der Waals surface area (Å²) in [4.78, 5) is 24.7. The normalized spacial score (nSPS) is 15.0. The maximum atomic E-state index is 12.5. The predicted octanol–water partition coefficient (Wildman–Crippen LogP) is 3.71. The topological polar surface area (TPSA) is 78.8 Å². The maximum Gasteiger partial charge on any atom is 0.229 e. The van der Waals surface area contributed by atoms with Crippen LogP contribution in [0.3, 0.4) is 0 Å². The average Bonchev–Trinajstić information content (AvgIpc) is 2.54. The van der Waals surface area contributed by atoms with Crippen LogP contribution in [-0.2, 0) is 4.79 Å². The summed E-state index contributed by atoms with van der Waals surface area (Å²) in [5.41, 5.74) is 2.60. The Morgan fingerprint density at radius 1 is 1.00 bits per heavy atom. The molecule has 5 heteroatoms. The van der Waals surface area contributed by atoms with Gasteiger partial charge in [0.15, 0.2) is 5.71 Å². The third-order valence-electron chi connectivity index (χ3n) is 3.99. The number of anilines is 1. The van der Waals surface area contributed by atoms with Crippen LogP contribution < -0.4 is 5.32 Å². The molecule has 0 spiro atoms. The smallest absolute Gasteiger partial charge is 0.229 e. The molecule has 24 heavy (non-hydrogen) atoms. The van der Waals surface area contributed by atoms with Gasteiger partial charge < -0.3 is 10.5 Å². The zero-order valence-electron chi connectivity index (χ0n) is 13.8. The molecule has 0 saturated heterocycles. The van der Waals surface area contributed by atoms with E-state index in [1.165, 1.54) is 0 Å². The van der Waals surface area contributed by atoms with Crippen LogP contribution in [0, 0.1) is 5.41 Å². The average molecular weight is 322 g/mol. The number of ketones is 1. The van der Waals surface area contributed by atoms with Gasteiger partial charge in [0.2, 0.25) is 11.7 Å². The van der Waals surface area contributed by atoms with E-state index in [0.717, 1.165) is 11.1 Å². The molecule has 0 aliphatic heterocycles. The van der Waals surface area contributed by atoms with Crippen LogP contribution >= 0.6 is 0 Å². The monoisotopic (exact) mass is 322 g/mol. The number of nitrogens with one attached hydrogen (secondary N) is 1. The number of hydrogen-bond acceptors (Lipinski definition) is 4. The Labute approximate surface area is 140 Å². The van der Waals surface area contributed by atoms with Crippen LogP contribution in [0.1, 0.15) is 36.7 Å². The van der Waals surface area contributed by atoms with E-state index in [9.17, 15) is 14.8 Å². The molecule has 0 atom stereocenters. The van der Waals surface area contributed by atoms with Crippen molar-refractivity contribution in [2.24, 2.45) is 10.6 Å². The van der Waals surface area contributed by atoms with Crippen LogP contribution in [-0.4, -0.2) is 22.6 Å². The lowest BCUT2D eigenvalue weighted by Crippen LogP contribution is -2.28. The number of carbonyl (C=O) groups excluding carboxylic acids is 2. The number of Topliss-reactive ketones (excluding diaryl/α,β-unsaturated/α-hetero) is 1. The number of amides is 1. The van der Waals surface area contributed by atoms with Gasteiger partial charge in [-0.25, -0.2) is 0 Å². The van der Waals surface area contributed by atoms with Crippen molar-refractivity contribution in [1.29, 1.82) is 0 Å². The molecule has 5 nitrogen and oxygen atoms in total. The van der Waals surface area contributed by atoms with Gasteiger partial charge in [0, 0.05) is 22.2 Å². The maximum absolute atomic E-state index is 12.5. The third kappa shape index (κ3) is 2.58. The second kappa shape index (κ2) is 5.60. The lowest BCUT2D eigenvalue weighted by molar-refractivity contribution is -0.123. The molecule has 2 aromatic carbocycles. The molecule has 0 unspecified atom stereocenters. The van der Waals surface area contributed by atoms with Gasteiger partial charge >= 0.3 is 0 Å². The van der Waals surface area contributed by atoms with Crippen molar-refractivity contribution in [2.75, 3.05) is 5.32 Å². The number of benzene rings is 2. The Bertz CT molecular complexity index is 876. The molecular weight excluding hydrogens is 304 g/mol. The number of carbonyl (C=O) groups is 2. The summed E-state index contributed by atoms with van der Waals surface area (Å²) >= 11 is 0. The summed E-state index contributed by atoms with van der Waals surface area (Å²) in [6.07, 6.45) is 0. The van der Waals surface area contributed by atoms with Gasteiger partial charge in [0.05, 0.1) is 0 Å². The van der Waals surface area contributed by atoms with E-state index in [0.29, 0.717) is 16.8 Å². The highest BCUT2D eigenvalue weighted by Gasteiger charge is 2.29. The highest BCUT2D eigenvalue weighted by Crippen LogP contribution is 2.35. The molecule has 1 amide bonds. The lowest BCUT2D eigenvalue weighted by Gasteiger charge is -2.22. The summed E-state index contributed by atoms with van der Waals surface area (Å²) in [6.45, 7) is 5.46. The Morgan fingerprint density at radius 3 is 2.25 bits per heavy atom. The fraction of sp³-hybridized carbons (Fsp3) is 0.211. The number of oxime groups is 1. The Morgan fingerprint density at radius 2 is 1.62 bits per heavy atom. The first-order valence-corrected chi connectivity index (χ1v) is 7.65. The van der Waals surface area contributed by atoms with Gasteiger partial charge in [0.1, 0.15) is 0 Å². The number of nitrogens with zero attached hydrogens (tertiary/aromatic N) is 1. The fourth-order valence-electron chi connectivity index (χ4n) is 2.64. The first-order chi connectivity index (χ1) is 11.3. The number of rotatable bonds is 1. The van der Waals surface area contributed by atoms with Crippen molar-refractivity contribution in [3.05, 3.63) is 53.6 Å². The van der Waals surface area contributed by atoms with Crippen LogP contribution in [0.2, 0.25) is 0 Å². The van der Waals surface area contributed by atoms with Gasteiger partial charge in [-0.3, -0.25) is 9.59 Å². The molecular formula is C19H18N2O3. The summed E-state index contributed by atoms with van der Waals surface area (Å²) < 4.78 is 0. The molecule has 0 fully saturated rings. The van der Waals surface area contributed by atoms with Gasteiger partial charge in [-0.15, -0.1) is 0 Å². The van der Waals surface area contributed by atoms with Crippen molar-refractivity contribution in [3.63, 3.8) is 0 Å². The summed E-state index contributed by atoms with van der Waals surface area (Å²) in [6, 6.07) is 12.5. The molecule has 0 bridgehead atoms. The fourth-order valence-corrected chi connectivity index (χ4v) is 2.64. The van der Waals surface area contributed by atoms with E-state index in [1.807, 2.05) is 39.0 Å². The molecule has 1 aliphatic carbocycles. The summed E-state index contributed by atoms with van der Waals surface area (Å²) in [5, 5.41) is 15.3. The predicted molar refractivity (Wildman–Crippen MR) is 92.6 cm³/mol. The molecule has 2 aromatic rings. The minimum Gasteiger partial charge on any atom is -0.410 e. The molecule has 0 aromatic heterocycles. The van der Waals surface area contributed by atoms with Gasteiger partial charge in [0.25, 0.3) is 0 Å². The Balaban J connectivity index is 2.11. The first kappa shape index (κ1) is 15.9. The van der Waals surface area contributed by atoms with Crippen molar-refractivity contribution in [1.82, 2.24) is 0 Å². The second-order valence-corrected chi connectivity index (χ2v) is 6.79. The summed E-state index contributed by atoms with van der Waals surface area (Å²) in [7, 11) is 0. The van der Waals surface area contributed by atoms with E-state index in [2.05, 4.69) is 10.5 Å². The zero-order valence-corrected chi connectivity index (χ0v) is 13.8. The van der Waals surface area contributed by atoms with Crippen molar-refractivity contribution in [2.45, 2.75) is 20.8 Å². The highest BCUT2D eigenvalue weighted by molar-refractivity contribution is 6.55. The molecule has 0 radical (unpaired) electrons. The molecule has 2 N–H and O–H groups in total. The van der Waals surface area contributed by atoms with Crippen molar-refractivity contribution in [3.8, 4) is 11.1 Å². The van der Waals surface area contributed by atoms with Crippen LogP contribution in [0.25, 0.3) is 11.1 Å². The Hall–Kier alpha value is -2.95. The molecule has 122 valence electrons. The largest absolute Gasteiger partial charge is 0.410 e. The van der Waals surface area contributed by atoms with Crippen LogP contribution in [0.15, 0.2) is 47.6 Å². The minimum atomic E-state index is -0.535. The van der Waals surface area contributed by atoms with E-state index < -0.39 is 5.41 Å². The highest BCUT2D eigenvalue weighted by atomic mass is 16.4. The second-order valence-electron chi connectivity index (χ2n) is 6.79. The number of fused-ring (bicyclic) bond motifs is 3. The van der Waals surface area contributed by atoms with Gasteiger partial charge in [-0.1, -0.05) is 56.3 Å². The first-order valence-electron chi connectivity index (χ1n) is 7.65. The quantitative estimate of drug-likeness (QED) is 0.620. The number of hydrogen-bond donors (Lipinski definition) is 2. The van der Waals surface area contributed by atoms with E-state index in [1.54, 1.807) is 24.3 Å². The van der Waals surface area contributed by atoms with E-state index in [-0.39, 0.29) is 17.4 Å². The summed E-state index contributed by atoms with van der Waals surface area (Å²) in [5.74, 6) is -0.465. The van der Waals surface area contributed by atoms with Crippen molar-refractivity contribution < 1.29 is 14.8 Å². The van der Waals surface area contributed by atoms with Crippen LogP contribution in [0.5, 0.6) is 0 Å². The molecule has 1 aliphatic rings. The van der Waals surface area contributed by atoms with Gasteiger partial charge in [-0.2, -0.15) is 0 Å². The molecule has 3 rings (SSSR count). The third-order valence-corrected chi connectivity index (χ3v) is 3.99. The van der Waals surface area contributed by atoms with Crippen molar-refractivity contribution >= 4 is 23.1 Å². The lowest BCUT2D eigenvalue weighted by atomic mass is 9.83. The minimum absolute atomic E-state index is 0.0180. The van der Waals surface area contributed by atoms with E-state index >= 15 is 0 Å². The van der Waals surface area contributed by atoms with Crippen LogP contribution in [0.4, 0.5) is 5.69 Å². The molecule has 0 saturated carbocycles.